The van der Waals surface area contributed by atoms with Crippen LogP contribution in [0.3, 0.4) is 0 Å². The van der Waals surface area contributed by atoms with E-state index >= 15 is 0 Å². The van der Waals surface area contributed by atoms with Crippen LogP contribution in [0.2, 0.25) is 0 Å². The molecule has 1 saturated heterocycles. The van der Waals surface area contributed by atoms with E-state index in [2.05, 4.69) is 5.32 Å². The minimum Gasteiger partial charge on any atom is -0.490 e. The van der Waals surface area contributed by atoms with Crippen LogP contribution in [0.15, 0.2) is 48.0 Å². The Kier molecular flexibility index (Phi) is 6.89. The molecule has 1 aliphatic rings. The molecule has 0 aliphatic carbocycles. The number of carbonyl (C=O) groups excluding carboxylic acids is 2. The van der Waals surface area contributed by atoms with Gasteiger partial charge in [-0.1, -0.05) is 23.8 Å². The second kappa shape index (κ2) is 9.61. The fourth-order valence-electron chi connectivity index (χ4n) is 2.97. The molecule has 2 aromatic rings. The number of amides is 2. The Morgan fingerprint density at radius 3 is 2.50 bits per heavy atom. The lowest BCUT2D eigenvalue weighted by atomic mass is 10.1. The van der Waals surface area contributed by atoms with Gasteiger partial charge in [0.15, 0.2) is 22.7 Å². The average molecular weight is 455 g/mol. The molecule has 1 fully saturated rings. The van der Waals surface area contributed by atoms with Gasteiger partial charge in [0.25, 0.3) is 11.8 Å². The highest BCUT2D eigenvalue weighted by Crippen LogP contribution is 2.31. The van der Waals surface area contributed by atoms with Crippen molar-refractivity contribution in [1.29, 1.82) is 0 Å². The van der Waals surface area contributed by atoms with E-state index < -0.39 is 23.9 Å². The molecule has 0 unspecified atom stereocenters. The Balaban J connectivity index is 1.96. The lowest BCUT2D eigenvalue weighted by Gasteiger charge is -2.29. The molecule has 1 aliphatic heterocycles. The highest BCUT2D eigenvalue weighted by atomic mass is 32.1. The number of rotatable bonds is 7. The van der Waals surface area contributed by atoms with Crippen molar-refractivity contribution >= 4 is 46.9 Å². The zero-order valence-electron chi connectivity index (χ0n) is 17.7. The van der Waals surface area contributed by atoms with Gasteiger partial charge in [-0.3, -0.25) is 19.8 Å². The first-order valence-electron chi connectivity index (χ1n) is 9.85. The van der Waals surface area contributed by atoms with Crippen LogP contribution in [-0.2, 0) is 14.4 Å². The van der Waals surface area contributed by atoms with Crippen LogP contribution < -0.4 is 19.7 Å². The van der Waals surface area contributed by atoms with Crippen LogP contribution in [0, 0.1) is 6.92 Å². The van der Waals surface area contributed by atoms with Gasteiger partial charge in [-0.2, -0.15) is 0 Å². The number of hydrogen-bond donors (Lipinski definition) is 2. The normalized spacial score (nSPS) is 16.0. The van der Waals surface area contributed by atoms with Crippen molar-refractivity contribution in [3.05, 3.63) is 59.2 Å². The second-order valence-corrected chi connectivity index (χ2v) is 7.42. The minimum atomic E-state index is -1.12. The molecule has 2 N–H and O–H groups in total. The number of carboxylic acids is 1. The van der Waals surface area contributed by atoms with Gasteiger partial charge in [0.2, 0.25) is 0 Å². The standard InChI is InChI=1S/C23H22N2O6S/c1-4-30-19-12-15(7-10-18(19)31-14(3)22(28)29)11-17-20(26)24-23(32)25(21(17)27)16-8-5-13(2)6-9-16/h5-12,14H,4H2,1-3H3,(H,28,29)(H,24,26,32)/b17-11-/t14-/m0/s1. The van der Waals surface area contributed by atoms with E-state index in [4.69, 9.17) is 26.8 Å². The van der Waals surface area contributed by atoms with Gasteiger partial charge in [-0.25, -0.2) is 4.79 Å². The molecular weight excluding hydrogens is 432 g/mol. The molecule has 0 saturated carbocycles. The molecule has 0 radical (unpaired) electrons. The third-order valence-electron chi connectivity index (χ3n) is 4.62. The Morgan fingerprint density at radius 2 is 1.88 bits per heavy atom. The highest BCUT2D eigenvalue weighted by molar-refractivity contribution is 7.80. The predicted octanol–water partition coefficient (Wildman–Crippen LogP) is 3.08. The summed E-state index contributed by atoms with van der Waals surface area (Å²) in [4.78, 5) is 38.0. The molecule has 0 bridgehead atoms. The van der Waals surface area contributed by atoms with E-state index in [0.717, 1.165) is 5.56 Å². The molecular formula is C23H22N2O6S. The van der Waals surface area contributed by atoms with Crippen molar-refractivity contribution < 1.29 is 29.0 Å². The van der Waals surface area contributed by atoms with E-state index in [1.807, 2.05) is 19.1 Å². The zero-order valence-corrected chi connectivity index (χ0v) is 18.6. The van der Waals surface area contributed by atoms with Crippen LogP contribution in [0.5, 0.6) is 11.5 Å². The Bertz CT molecular complexity index is 1110. The van der Waals surface area contributed by atoms with Gasteiger partial charge in [0.05, 0.1) is 12.3 Å². The van der Waals surface area contributed by atoms with Crippen LogP contribution in [-0.4, -0.2) is 40.7 Å². The van der Waals surface area contributed by atoms with Crippen LogP contribution in [0.4, 0.5) is 5.69 Å². The number of thiocarbonyl (C=S) groups is 1. The molecule has 3 rings (SSSR count). The third-order valence-corrected chi connectivity index (χ3v) is 4.91. The summed E-state index contributed by atoms with van der Waals surface area (Å²) in [5.41, 5.74) is 1.96. The fraction of sp³-hybridized carbons (Fsp3) is 0.217. The number of carbonyl (C=O) groups is 3. The number of nitrogens with zero attached hydrogens (tertiary/aromatic N) is 1. The Labute approximate surface area is 190 Å². The van der Waals surface area contributed by atoms with Gasteiger partial charge in [0, 0.05) is 0 Å². The van der Waals surface area contributed by atoms with Gasteiger partial charge >= 0.3 is 5.97 Å². The number of hydrogen-bond acceptors (Lipinski definition) is 6. The van der Waals surface area contributed by atoms with Gasteiger partial charge < -0.3 is 14.6 Å². The maximum Gasteiger partial charge on any atom is 0.344 e. The molecule has 0 spiro atoms. The predicted molar refractivity (Wildman–Crippen MR) is 123 cm³/mol. The van der Waals surface area contributed by atoms with Crippen molar-refractivity contribution in [2.75, 3.05) is 11.5 Å². The fourth-order valence-corrected chi connectivity index (χ4v) is 3.25. The van der Waals surface area contributed by atoms with Gasteiger partial charge in [0.1, 0.15) is 5.57 Å². The lowest BCUT2D eigenvalue weighted by Crippen LogP contribution is -2.54. The molecule has 1 heterocycles. The number of aryl methyl sites for hydroxylation is 1. The summed E-state index contributed by atoms with van der Waals surface area (Å²) in [6, 6.07) is 11.9. The van der Waals surface area contributed by atoms with E-state index in [1.165, 1.54) is 24.0 Å². The molecule has 2 aromatic carbocycles. The average Bonchev–Trinajstić information content (AvgIpc) is 2.74. The number of carboxylic acid groups (broad SMARTS) is 1. The van der Waals surface area contributed by atoms with E-state index in [-0.39, 0.29) is 16.4 Å². The van der Waals surface area contributed by atoms with Crippen molar-refractivity contribution in [1.82, 2.24) is 5.32 Å². The number of aliphatic carboxylic acids is 1. The summed E-state index contributed by atoms with van der Waals surface area (Å²) < 4.78 is 11.0. The molecule has 1 atom stereocenters. The smallest absolute Gasteiger partial charge is 0.344 e. The first-order chi connectivity index (χ1) is 15.2. The molecule has 9 heteroatoms. The highest BCUT2D eigenvalue weighted by Gasteiger charge is 2.34. The van der Waals surface area contributed by atoms with E-state index in [9.17, 15) is 14.4 Å². The minimum absolute atomic E-state index is 0.00224. The molecule has 166 valence electrons. The monoisotopic (exact) mass is 454 g/mol. The topological polar surface area (TPSA) is 105 Å². The number of anilines is 1. The Hall–Kier alpha value is -3.72. The van der Waals surface area contributed by atoms with Crippen LogP contribution in [0.25, 0.3) is 6.08 Å². The number of benzene rings is 2. The Morgan fingerprint density at radius 1 is 1.19 bits per heavy atom. The summed E-state index contributed by atoms with van der Waals surface area (Å²) in [6.07, 6.45) is 0.348. The second-order valence-electron chi connectivity index (χ2n) is 7.03. The zero-order chi connectivity index (χ0) is 23.4. The summed E-state index contributed by atoms with van der Waals surface area (Å²) in [5, 5.41) is 11.6. The summed E-state index contributed by atoms with van der Waals surface area (Å²) in [7, 11) is 0. The summed E-state index contributed by atoms with van der Waals surface area (Å²) >= 11 is 5.21. The lowest BCUT2D eigenvalue weighted by molar-refractivity contribution is -0.144. The first kappa shape index (κ1) is 23.0. The quantitative estimate of drug-likeness (QED) is 0.376. The maximum atomic E-state index is 13.1. The van der Waals surface area contributed by atoms with Crippen molar-refractivity contribution in [2.24, 2.45) is 0 Å². The van der Waals surface area contributed by atoms with Gasteiger partial charge in [-0.15, -0.1) is 0 Å². The van der Waals surface area contributed by atoms with Crippen molar-refractivity contribution in [2.45, 2.75) is 26.9 Å². The van der Waals surface area contributed by atoms with Gasteiger partial charge in [-0.05, 0) is 68.9 Å². The molecule has 2 amide bonds. The number of nitrogens with one attached hydrogen (secondary N) is 1. The first-order valence-corrected chi connectivity index (χ1v) is 10.3. The SMILES string of the molecule is CCOc1cc(/C=C2/C(=O)NC(=S)N(c3ccc(C)cc3)C2=O)ccc1O[C@@H](C)C(=O)O. The molecule has 8 nitrogen and oxygen atoms in total. The van der Waals surface area contributed by atoms with E-state index in [1.54, 1.807) is 31.2 Å². The molecule has 0 aromatic heterocycles. The molecule has 32 heavy (non-hydrogen) atoms. The summed E-state index contributed by atoms with van der Waals surface area (Å²) in [6.45, 7) is 5.41. The third kappa shape index (κ3) is 4.94. The maximum absolute atomic E-state index is 13.1. The van der Waals surface area contributed by atoms with Crippen molar-refractivity contribution in [3.63, 3.8) is 0 Å². The largest absolute Gasteiger partial charge is 0.490 e. The number of ether oxygens (including phenoxy) is 2. The van der Waals surface area contributed by atoms with Crippen LogP contribution in [0.1, 0.15) is 25.0 Å². The van der Waals surface area contributed by atoms with Crippen molar-refractivity contribution in [3.8, 4) is 11.5 Å². The van der Waals surface area contributed by atoms with Crippen LogP contribution >= 0.6 is 12.2 Å². The summed E-state index contributed by atoms with van der Waals surface area (Å²) in [5.74, 6) is -1.74. The van der Waals surface area contributed by atoms with E-state index in [0.29, 0.717) is 23.6 Å².